The second-order valence-corrected chi connectivity index (χ2v) is 9.54. The number of nitrogens with two attached hydrogens (primary N) is 1. The second kappa shape index (κ2) is 4.26. The van der Waals surface area contributed by atoms with Crippen LogP contribution >= 0.6 is 11.6 Å². The van der Waals surface area contributed by atoms with E-state index in [1.54, 1.807) is 6.07 Å². The zero-order valence-corrected chi connectivity index (χ0v) is 10.7. The number of hydrogen-bond donors (Lipinski definition) is 1. The molecule has 0 aliphatic rings. The van der Waals surface area contributed by atoms with Crippen LogP contribution in [0.5, 0.6) is 0 Å². The Morgan fingerprint density at radius 2 is 1.93 bits per heavy atom. The minimum atomic E-state index is -1.48. The molecular weight excluding hydrogens is 229 g/mol. The average molecular weight is 242 g/mol. The molecule has 1 aromatic carbocycles. The van der Waals surface area contributed by atoms with E-state index in [0.29, 0.717) is 10.6 Å². The van der Waals surface area contributed by atoms with E-state index in [0.717, 1.165) is 0 Å². The van der Waals surface area contributed by atoms with Gasteiger partial charge in [0, 0.05) is 5.02 Å². The lowest BCUT2D eigenvalue weighted by molar-refractivity contribution is 0.632. The van der Waals surface area contributed by atoms with Crippen molar-refractivity contribution in [3.05, 3.63) is 28.5 Å². The van der Waals surface area contributed by atoms with E-state index in [4.69, 9.17) is 17.3 Å². The Balaban J connectivity index is 3.20. The number of rotatable bonds is 0. The summed E-state index contributed by atoms with van der Waals surface area (Å²) in [6, 6.07) is 2.78. The van der Waals surface area contributed by atoms with Crippen molar-refractivity contribution in [3.8, 4) is 11.5 Å². The smallest absolute Gasteiger partial charge is 0.148 e. The lowest BCUT2D eigenvalue weighted by Gasteiger charge is -2.05. The molecule has 15 heavy (non-hydrogen) atoms. The molecule has 0 bridgehead atoms. The third-order valence-electron chi connectivity index (χ3n) is 1.67. The minimum absolute atomic E-state index is 0.0742. The van der Waals surface area contributed by atoms with Gasteiger partial charge in [0.1, 0.15) is 13.9 Å². The average Bonchev–Trinajstić information content (AvgIpc) is 2.07. The summed E-state index contributed by atoms with van der Waals surface area (Å²) in [5, 5.41) is 0.321. The van der Waals surface area contributed by atoms with Crippen molar-refractivity contribution in [3.63, 3.8) is 0 Å². The van der Waals surface area contributed by atoms with Gasteiger partial charge in [-0.25, -0.2) is 4.39 Å². The van der Waals surface area contributed by atoms with Crippen LogP contribution in [-0.2, 0) is 0 Å². The molecule has 0 radical (unpaired) electrons. The first kappa shape index (κ1) is 12.1. The number of nitrogen functional groups attached to an aromatic ring is 1. The third kappa shape index (κ3) is 3.58. The van der Waals surface area contributed by atoms with Gasteiger partial charge in [-0.2, -0.15) is 0 Å². The lowest BCUT2D eigenvalue weighted by atomic mass is 10.2. The van der Waals surface area contributed by atoms with E-state index in [1.807, 2.05) is 0 Å². The Morgan fingerprint density at radius 1 is 1.33 bits per heavy atom. The topological polar surface area (TPSA) is 26.0 Å². The van der Waals surface area contributed by atoms with Crippen LogP contribution in [0.4, 0.5) is 10.1 Å². The molecule has 0 unspecified atom stereocenters. The second-order valence-electron chi connectivity index (χ2n) is 4.35. The van der Waals surface area contributed by atoms with Gasteiger partial charge in [-0.15, -0.1) is 5.54 Å². The summed E-state index contributed by atoms with van der Waals surface area (Å²) in [6.07, 6.45) is 0. The molecule has 4 heteroatoms. The predicted octanol–water partition coefficient (Wildman–Crippen LogP) is 3.29. The normalized spacial score (nSPS) is 10.7. The summed E-state index contributed by atoms with van der Waals surface area (Å²) < 4.78 is 13.2. The van der Waals surface area contributed by atoms with E-state index in [-0.39, 0.29) is 5.69 Å². The van der Waals surface area contributed by atoms with Crippen LogP contribution in [0.25, 0.3) is 0 Å². The maximum atomic E-state index is 13.2. The first-order valence-corrected chi connectivity index (χ1v) is 8.45. The Kier molecular flexibility index (Phi) is 3.43. The first-order valence-electron chi connectivity index (χ1n) is 4.57. The molecule has 1 aromatic rings. The van der Waals surface area contributed by atoms with Crippen molar-refractivity contribution >= 4 is 25.4 Å². The molecule has 1 nitrogen and oxygen atoms in total. The fourth-order valence-corrected chi connectivity index (χ4v) is 1.66. The molecule has 0 atom stereocenters. The molecule has 0 spiro atoms. The summed E-state index contributed by atoms with van der Waals surface area (Å²) >= 11 is 5.72. The first-order chi connectivity index (χ1) is 6.79. The largest absolute Gasteiger partial charge is 0.395 e. The number of benzene rings is 1. The highest BCUT2D eigenvalue weighted by atomic mass is 35.5. The van der Waals surface area contributed by atoms with Crippen LogP contribution in [0.1, 0.15) is 5.56 Å². The van der Waals surface area contributed by atoms with Gasteiger partial charge in [-0.1, -0.05) is 37.2 Å². The van der Waals surface area contributed by atoms with Gasteiger partial charge in [0.2, 0.25) is 0 Å². The maximum Gasteiger partial charge on any atom is 0.148 e. The molecule has 80 valence electrons. The SMILES string of the molecule is C[Si](C)(C)C#Cc1cc(Cl)cc(F)c1N. The van der Waals surface area contributed by atoms with Crippen LogP contribution in [0.3, 0.4) is 0 Å². The number of anilines is 1. The molecule has 0 amide bonds. The van der Waals surface area contributed by atoms with Crippen molar-refractivity contribution in [1.82, 2.24) is 0 Å². The zero-order chi connectivity index (χ0) is 11.6. The molecule has 0 aliphatic carbocycles. The Morgan fingerprint density at radius 3 is 2.47 bits per heavy atom. The van der Waals surface area contributed by atoms with E-state index in [9.17, 15) is 4.39 Å². The molecule has 0 aromatic heterocycles. The van der Waals surface area contributed by atoms with Crippen molar-refractivity contribution in [2.75, 3.05) is 5.73 Å². The Labute approximate surface area is 95.4 Å². The summed E-state index contributed by atoms with van der Waals surface area (Å²) in [6.45, 7) is 6.32. The van der Waals surface area contributed by atoms with Crippen molar-refractivity contribution in [1.29, 1.82) is 0 Å². The van der Waals surface area contributed by atoms with Crippen molar-refractivity contribution in [2.45, 2.75) is 19.6 Å². The quantitative estimate of drug-likeness (QED) is 0.421. The van der Waals surface area contributed by atoms with Gasteiger partial charge in [-0.3, -0.25) is 0 Å². The van der Waals surface area contributed by atoms with Gasteiger partial charge in [0.05, 0.1) is 11.3 Å². The summed E-state index contributed by atoms with van der Waals surface area (Å²) in [7, 11) is -1.48. The van der Waals surface area contributed by atoms with Crippen LogP contribution < -0.4 is 5.73 Å². The Bertz CT molecular complexity index is 440. The highest BCUT2D eigenvalue weighted by Crippen LogP contribution is 2.21. The molecule has 1 rings (SSSR count). The van der Waals surface area contributed by atoms with E-state index in [1.165, 1.54) is 6.07 Å². The number of halogens is 2. The molecule has 0 saturated carbocycles. The highest BCUT2D eigenvalue weighted by molar-refractivity contribution is 6.83. The molecule has 0 heterocycles. The fraction of sp³-hybridized carbons (Fsp3) is 0.273. The highest BCUT2D eigenvalue weighted by Gasteiger charge is 2.09. The summed E-state index contributed by atoms with van der Waals surface area (Å²) in [4.78, 5) is 0. The lowest BCUT2D eigenvalue weighted by Crippen LogP contribution is -2.16. The predicted molar refractivity (Wildman–Crippen MR) is 66.0 cm³/mol. The van der Waals surface area contributed by atoms with Gasteiger partial charge in [0.25, 0.3) is 0 Å². The molecule has 0 saturated heterocycles. The maximum absolute atomic E-state index is 13.2. The van der Waals surface area contributed by atoms with Crippen LogP contribution in [0, 0.1) is 17.3 Å². The number of hydrogen-bond acceptors (Lipinski definition) is 1. The van der Waals surface area contributed by atoms with Crippen LogP contribution in [0.2, 0.25) is 24.7 Å². The van der Waals surface area contributed by atoms with Gasteiger partial charge >= 0.3 is 0 Å². The van der Waals surface area contributed by atoms with Gasteiger partial charge < -0.3 is 5.73 Å². The molecular formula is C11H13ClFNSi. The van der Waals surface area contributed by atoms with Crippen molar-refractivity contribution in [2.24, 2.45) is 0 Å². The third-order valence-corrected chi connectivity index (χ3v) is 2.76. The van der Waals surface area contributed by atoms with E-state index in [2.05, 4.69) is 31.1 Å². The van der Waals surface area contributed by atoms with Gasteiger partial charge in [-0.05, 0) is 12.1 Å². The Hall–Kier alpha value is -0.983. The monoisotopic (exact) mass is 241 g/mol. The molecule has 2 N–H and O–H groups in total. The fourth-order valence-electron chi connectivity index (χ4n) is 0.943. The summed E-state index contributed by atoms with van der Waals surface area (Å²) in [5.41, 5.74) is 9.23. The summed E-state index contributed by atoms with van der Waals surface area (Å²) in [5.74, 6) is 2.39. The minimum Gasteiger partial charge on any atom is -0.395 e. The molecule has 0 aliphatic heterocycles. The van der Waals surface area contributed by atoms with E-state index < -0.39 is 13.9 Å². The van der Waals surface area contributed by atoms with E-state index >= 15 is 0 Å². The van der Waals surface area contributed by atoms with Gasteiger partial charge in [0.15, 0.2) is 0 Å². The van der Waals surface area contributed by atoms with Crippen molar-refractivity contribution < 1.29 is 4.39 Å². The zero-order valence-electron chi connectivity index (χ0n) is 8.99. The van der Waals surface area contributed by atoms with Crippen LogP contribution in [0.15, 0.2) is 12.1 Å². The standard InChI is InChI=1S/C11H13ClFNSi/c1-15(2,3)5-4-8-6-9(12)7-10(13)11(8)14/h6-7H,14H2,1-3H3. The van der Waals surface area contributed by atoms with Crippen LogP contribution in [-0.4, -0.2) is 8.07 Å². The molecule has 0 fully saturated rings.